The maximum Gasteiger partial charge on any atom is 0.165 e. The zero-order chi connectivity index (χ0) is 12.8. The number of benzene rings is 1. The van der Waals surface area contributed by atoms with Gasteiger partial charge in [0.05, 0.1) is 13.7 Å². The second kappa shape index (κ2) is 6.58. The van der Waals surface area contributed by atoms with E-state index in [0.717, 1.165) is 25.0 Å². The van der Waals surface area contributed by atoms with Gasteiger partial charge in [0.1, 0.15) is 6.10 Å². The minimum Gasteiger partial charge on any atom is -0.493 e. The number of nitrogens with one attached hydrogen (secondary N) is 1. The Morgan fingerprint density at radius 3 is 3.06 bits per heavy atom. The maximum absolute atomic E-state index is 8.79. The van der Waals surface area contributed by atoms with Crippen LogP contribution in [0.2, 0.25) is 0 Å². The van der Waals surface area contributed by atoms with E-state index in [4.69, 9.17) is 19.4 Å². The molecule has 2 N–H and O–H groups in total. The number of hydrogen-bond donors (Lipinski definition) is 2. The Morgan fingerprint density at radius 1 is 1.50 bits per heavy atom. The van der Waals surface area contributed by atoms with Crippen molar-refractivity contribution >= 4 is 0 Å². The Labute approximate surface area is 107 Å². The molecule has 1 unspecified atom stereocenters. The highest BCUT2D eigenvalue weighted by Gasteiger charge is 2.18. The van der Waals surface area contributed by atoms with Gasteiger partial charge in [0.15, 0.2) is 11.5 Å². The molecule has 1 atom stereocenters. The van der Waals surface area contributed by atoms with Crippen molar-refractivity contribution in [3.05, 3.63) is 23.8 Å². The van der Waals surface area contributed by atoms with E-state index in [1.165, 1.54) is 0 Å². The summed E-state index contributed by atoms with van der Waals surface area (Å²) in [6, 6.07) is 5.63. The van der Waals surface area contributed by atoms with Gasteiger partial charge < -0.3 is 19.4 Å². The molecule has 5 heteroatoms. The first-order valence-corrected chi connectivity index (χ1v) is 6.12. The standard InChI is InChI=1S/C13H19NO4/c1-16-13-10(8-14-15)4-2-6-12(13)18-11-5-3-7-17-9-11/h2,4,6,11,14-15H,3,5,7-9H2,1H3. The molecule has 18 heavy (non-hydrogen) atoms. The lowest BCUT2D eigenvalue weighted by Crippen LogP contribution is -2.28. The Morgan fingerprint density at radius 2 is 2.39 bits per heavy atom. The number of methoxy groups -OCH3 is 1. The van der Waals surface area contributed by atoms with Crippen LogP contribution >= 0.6 is 0 Å². The summed E-state index contributed by atoms with van der Waals surface area (Å²) in [6.07, 6.45) is 2.08. The number of ether oxygens (including phenoxy) is 3. The van der Waals surface area contributed by atoms with Gasteiger partial charge in [-0.15, -0.1) is 0 Å². The van der Waals surface area contributed by atoms with Crippen molar-refractivity contribution < 1.29 is 19.4 Å². The fourth-order valence-electron chi connectivity index (χ4n) is 2.09. The quantitative estimate of drug-likeness (QED) is 0.783. The highest BCUT2D eigenvalue weighted by molar-refractivity contribution is 5.46. The molecule has 0 saturated carbocycles. The average molecular weight is 253 g/mol. The average Bonchev–Trinajstić information content (AvgIpc) is 2.41. The fourth-order valence-corrected chi connectivity index (χ4v) is 2.09. The van der Waals surface area contributed by atoms with Crippen LogP contribution in [-0.4, -0.2) is 31.6 Å². The molecule has 1 aliphatic heterocycles. The smallest absolute Gasteiger partial charge is 0.165 e. The molecule has 1 aromatic carbocycles. The molecule has 100 valence electrons. The molecular weight excluding hydrogens is 234 g/mol. The molecule has 0 amide bonds. The second-order valence-electron chi connectivity index (χ2n) is 4.24. The minimum absolute atomic E-state index is 0.0741. The predicted molar refractivity (Wildman–Crippen MR) is 66.1 cm³/mol. The molecule has 0 aliphatic carbocycles. The SMILES string of the molecule is COc1c(CNO)cccc1OC1CCCOC1. The Hall–Kier alpha value is -1.30. The van der Waals surface area contributed by atoms with E-state index in [1.54, 1.807) is 7.11 Å². The van der Waals surface area contributed by atoms with Crippen LogP contribution in [0.4, 0.5) is 0 Å². The van der Waals surface area contributed by atoms with E-state index in [1.807, 2.05) is 18.2 Å². The topological polar surface area (TPSA) is 60.0 Å². The lowest BCUT2D eigenvalue weighted by Gasteiger charge is -2.24. The van der Waals surface area contributed by atoms with Crippen LogP contribution in [0, 0.1) is 0 Å². The Balaban J connectivity index is 2.12. The van der Waals surface area contributed by atoms with Crippen molar-refractivity contribution in [2.45, 2.75) is 25.5 Å². The molecule has 1 heterocycles. The summed E-state index contributed by atoms with van der Waals surface area (Å²) in [5, 5.41) is 8.79. The van der Waals surface area contributed by atoms with Crippen molar-refractivity contribution in [3.63, 3.8) is 0 Å². The van der Waals surface area contributed by atoms with E-state index in [-0.39, 0.29) is 6.10 Å². The molecule has 1 aromatic rings. The first-order chi connectivity index (χ1) is 8.85. The van der Waals surface area contributed by atoms with Gasteiger partial charge in [-0.05, 0) is 18.9 Å². The summed E-state index contributed by atoms with van der Waals surface area (Å²) in [4.78, 5) is 0. The van der Waals surface area contributed by atoms with Crippen LogP contribution in [0.1, 0.15) is 18.4 Å². The van der Waals surface area contributed by atoms with Crippen LogP contribution in [0.5, 0.6) is 11.5 Å². The highest BCUT2D eigenvalue weighted by Crippen LogP contribution is 2.32. The van der Waals surface area contributed by atoms with Crippen molar-refractivity contribution in [2.75, 3.05) is 20.3 Å². The van der Waals surface area contributed by atoms with Crippen LogP contribution in [0.15, 0.2) is 18.2 Å². The van der Waals surface area contributed by atoms with Crippen LogP contribution in [0.3, 0.4) is 0 Å². The van der Waals surface area contributed by atoms with Gasteiger partial charge in [-0.2, -0.15) is 0 Å². The molecule has 1 fully saturated rings. The molecule has 1 saturated heterocycles. The van der Waals surface area contributed by atoms with Gasteiger partial charge >= 0.3 is 0 Å². The van der Waals surface area contributed by atoms with Gasteiger partial charge in [0.25, 0.3) is 0 Å². The van der Waals surface area contributed by atoms with Crippen molar-refractivity contribution in [1.29, 1.82) is 0 Å². The summed E-state index contributed by atoms with van der Waals surface area (Å²) in [6.45, 7) is 1.75. The molecule has 5 nitrogen and oxygen atoms in total. The third-order valence-corrected chi connectivity index (χ3v) is 2.95. The van der Waals surface area contributed by atoms with Crippen molar-refractivity contribution in [1.82, 2.24) is 5.48 Å². The van der Waals surface area contributed by atoms with Gasteiger partial charge in [0.2, 0.25) is 0 Å². The van der Waals surface area contributed by atoms with Crippen LogP contribution in [-0.2, 0) is 11.3 Å². The first kappa shape index (κ1) is 13.1. The zero-order valence-electron chi connectivity index (χ0n) is 10.5. The molecular formula is C13H19NO4. The molecule has 0 aromatic heterocycles. The van der Waals surface area contributed by atoms with E-state index >= 15 is 0 Å². The summed E-state index contributed by atoms with van der Waals surface area (Å²) in [5.41, 5.74) is 2.99. The van der Waals surface area contributed by atoms with E-state index in [9.17, 15) is 0 Å². The largest absolute Gasteiger partial charge is 0.493 e. The lowest BCUT2D eigenvalue weighted by atomic mass is 10.1. The number of rotatable bonds is 5. The highest BCUT2D eigenvalue weighted by atomic mass is 16.5. The normalized spacial score (nSPS) is 19.6. The molecule has 0 bridgehead atoms. The molecule has 2 rings (SSSR count). The van der Waals surface area contributed by atoms with Gasteiger partial charge in [-0.3, -0.25) is 0 Å². The van der Waals surface area contributed by atoms with Crippen molar-refractivity contribution in [2.24, 2.45) is 0 Å². The monoisotopic (exact) mass is 253 g/mol. The van der Waals surface area contributed by atoms with E-state index in [2.05, 4.69) is 5.48 Å². The Bertz CT molecular complexity index is 377. The van der Waals surface area contributed by atoms with Crippen LogP contribution in [0.25, 0.3) is 0 Å². The van der Waals surface area contributed by atoms with E-state index in [0.29, 0.717) is 24.7 Å². The van der Waals surface area contributed by atoms with Crippen LogP contribution < -0.4 is 15.0 Å². The van der Waals surface area contributed by atoms with Gasteiger partial charge in [-0.25, -0.2) is 5.48 Å². The zero-order valence-corrected chi connectivity index (χ0v) is 10.5. The first-order valence-electron chi connectivity index (χ1n) is 6.12. The Kier molecular flexibility index (Phi) is 4.81. The summed E-state index contributed by atoms with van der Waals surface area (Å²) in [5.74, 6) is 1.35. The lowest BCUT2D eigenvalue weighted by molar-refractivity contribution is 0.00635. The third-order valence-electron chi connectivity index (χ3n) is 2.95. The maximum atomic E-state index is 8.79. The fraction of sp³-hybridized carbons (Fsp3) is 0.538. The van der Waals surface area contributed by atoms with E-state index < -0.39 is 0 Å². The third kappa shape index (κ3) is 3.13. The van der Waals surface area contributed by atoms with Gasteiger partial charge in [-0.1, -0.05) is 12.1 Å². The molecule has 1 aliphatic rings. The van der Waals surface area contributed by atoms with Crippen molar-refractivity contribution in [3.8, 4) is 11.5 Å². The number of hydrogen-bond acceptors (Lipinski definition) is 5. The predicted octanol–water partition coefficient (Wildman–Crippen LogP) is 1.73. The van der Waals surface area contributed by atoms with Gasteiger partial charge in [0, 0.05) is 18.7 Å². The summed E-state index contributed by atoms with van der Waals surface area (Å²) < 4.78 is 16.6. The minimum atomic E-state index is 0.0741. The molecule has 0 spiro atoms. The molecule has 0 radical (unpaired) electrons. The number of para-hydroxylation sites is 1. The number of hydroxylamine groups is 1. The summed E-state index contributed by atoms with van der Waals surface area (Å²) >= 11 is 0. The second-order valence-corrected chi connectivity index (χ2v) is 4.24. The summed E-state index contributed by atoms with van der Waals surface area (Å²) in [7, 11) is 1.60.